The van der Waals surface area contributed by atoms with Gasteiger partial charge in [0.15, 0.2) is 11.0 Å². The van der Waals surface area contributed by atoms with Crippen LogP contribution >= 0.6 is 11.8 Å². The lowest BCUT2D eigenvalue weighted by atomic mass is 10.2. The fraction of sp³-hybridized carbons (Fsp3) is 0.381. The van der Waals surface area contributed by atoms with Crippen LogP contribution in [-0.2, 0) is 16.1 Å². The van der Waals surface area contributed by atoms with Crippen molar-refractivity contribution < 1.29 is 13.9 Å². The summed E-state index contributed by atoms with van der Waals surface area (Å²) < 4.78 is 13.3. The molecular formula is C21H24N4O3S. The van der Waals surface area contributed by atoms with Crippen LogP contribution in [0.1, 0.15) is 24.2 Å². The number of ether oxygens (including phenoxy) is 1. The highest BCUT2D eigenvalue weighted by molar-refractivity contribution is 7.99. The molecule has 7 nitrogen and oxygen atoms in total. The zero-order valence-corrected chi connectivity index (χ0v) is 17.4. The number of nitrogens with zero attached hydrogens (tertiary/aromatic N) is 3. The highest BCUT2D eigenvalue weighted by atomic mass is 32.2. The average molecular weight is 413 g/mol. The number of para-hydroxylation sites is 1. The van der Waals surface area contributed by atoms with Gasteiger partial charge in [-0.2, -0.15) is 0 Å². The zero-order chi connectivity index (χ0) is 20.2. The summed E-state index contributed by atoms with van der Waals surface area (Å²) in [6, 6.07) is 9.63. The molecule has 8 heteroatoms. The molecule has 0 unspecified atom stereocenters. The van der Waals surface area contributed by atoms with Gasteiger partial charge in [0.1, 0.15) is 5.76 Å². The van der Waals surface area contributed by atoms with E-state index in [1.54, 1.807) is 6.26 Å². The van der Waals surface area contributed by atoms with Crippen molar-refractivity contribution in [2.75, 3.05) is 17.7 Å². The molecule has 2 aromatic heterocycles. The third-order valence-electron chi connectivity index (χ3n) is 4.98. The molecule has 29 heavy (non-hydrogen) atoms. The molecule has 1 aliphatic heterocycles. The third kappa shape index (κ3) is 4.54. The van der Waals surface area contributed by atoms with Gasteiger partial charge >= 0.3 is 0 Å². The van der Waals surface area contributed by atoms with Gasteiger partial charge in [0.25, 0.3) is 0 Å². The summed E-state index contributed by atoms with van der Waals surface area (Å²) in [6.45, 7) is 5.33. The first-order valence-corrected chi connectivity index (χ1v) is 10.7. The van der Waals surface area contributed by atoms with Crippen LogP contribution in [0.3, 0.4) is 0 Å². The number of aryl methyl sites for hydroxylation is 2. The molecule has 1 aliphatic rings. The van der Waals surface area contributed by atoms with Gasteiger partial charge in [-0.15, -0.1) is 10.2 Å². The molecule has 1 N–H and O–H groups in total. The van der Waals surface area contributed by atoms with E-state index in [1.165, 1.54) is 11.8 Å². The Morgan fingerprint density at radius 1 is 1.28 bits per heavy atom. The van der Waals surface area contributed by atoms with Crippen LogP contribution in [0, 0.1) is 13.8 Å². The summed E-state index contributed by atoms with van der Waals surface area (Å²) >= 11 is 1.38. The fourth-order valence-corrected chi connectivity index (χ4v) is 4.15. The SMILES string of the molecule is Cc1ccccc1NC(=O)CSc1nnc(-c2ccoc2C)n1C[C@H]1CCCO1. The van der Waals surface area contributed by atoms with Crippen molar-refractivity contribution >= 4 is 23.4 Å². The van der Waals surface area contributed by atoms with Crippen molar-refractivity contribution in [3.63, 3.8) is 0 Å². The molecular weight excluding hydrogens is 388 g/mol. The van der Waals surface area contributed by atoms with E-state index in [-0.39, 0.29) is 17.8 Å². The van der Waals surface area contributed by atoms with Crippen molar-refractivity contribution in [3.05, 3.63) is 47.9 Å². The summed E-state index contributed by atoms with van der Waals surface area (Å²) in [4.78, 5) is 12.5. The number of amides is 1. The van der Waals surface area contributed by atoms with Crippen molar-refractivity contribution in [2.45, 2.75) is 44.5 Å². The maximum absolute atomic E-state index is 12.5. The van der Waals surface area contributed by atoms with E-state index in [0.717, 1.165) is 47.8 Å². The van der Waals surface area contributed by atoms with Crippen LogP contribution in [0.2, 0.25) is 0 Å². The second-order valence-electron chi connectivity index (χ2n) is 7.09. The third-order valence-corrected chi connectivity index (χ3v) is 5.95. The van der Waals surface area contributed by atoms with Crippen molar-refractivity contribution in [3.8, 4) is 11.4 Å². The second-order valence-corrected chi connectivity index (χ2v) is 8.04. The van der Waals surface area contributed by atoms with Gasteiger partial charge in [-0.25, -0.2) is 0 Å². The fourth-order valence-electron chi connectivity index (χ4n) is 3.40. The Bertz CT molecular complexity index is 991. The molecule has 0 bridgehead atoms. The predicted octanol–water partition coefficient (Wildman–Crippen LogP) is 4.06. The Labute approximate surface area is 173 Å². The number of anilines is 1. The lowest BCUT2D eigenvalue weighted by Crippen LogP contribution is -2.18. The molecule has 0 saturated carbocycles. The van der Waals surface area contributed by atoms with Gasteiger partial charge in [-0.1, -0.05) is 30.0 Å². The zero-order valence-electron chi connectivity index (χ0n) is 16.6. The van der Waals surface area contributed by atoms with Gasteiger partial charge < -0.3 is 14.5 Å². The minimum Gasteiger partial charge on any atom is -0.469 e. The van der Waals surface area contributed by atoms with E-state index in [9.17, 15) is 4.79 Å². The van der Waals surface area contributed by atoms with Crippen LogP contribution in [0.25, 0.3) is 11.4 Å². The molecule has 1 amide bonds. The van der Waals surface area contributed by atoms with Gasteiger partial charge in [-0.05, 0) is 44.4 Å². The molecule has 1 aromatic carbocycles. The lowest BCUT2D eigenvalue weighted by molar-refractivity contribution is -0.113. The first-order chi connectivity index (χ1) is 14.1. The molecule has 4 rings (SSSR count). The predicted molar refractivity (Wildman–Crippen MR) is 112 cm³/mol. The van der Waals surface area contributed by atoms with Crippen LogP contribution in [0.15, 0.2) is 46.2 Å². The molecule has 0 aliphatic carbocycles. The van der Waals surface area contributed by atoms with Gasteiger partial charge in [0, 0.05) is 12.3 Å². The van der Waals surface area contributed by atoms with Gasteiger partial charge in [-0.3, -0.25) is 9.36 Å². The minimum absolute atomic E-state index is 0.0722. The van der Waals surface area contributed by atoms with Crippen LogP contribution in [0.4, 0.5) is 5.69 Å². The number of nitrogens with one attached hydrogen (secondary N) is 1. The van der Waals surface area contributed by atoms with E-state index in [2.05, 4.69) is 15.5 Å². The molecule has 1 atom stereocenters. The first-order valence-electron chi connectivity index (χ1n) is 9.69. The number of thioether (sulfide) groups is 1. The normalized spacial score (nSPS) is 16.3. The van der Waals surface area contributed by atoms with Crippen molar-refractivity contribution in [1.82, 2.24) is 14.8 Å². The standard InChI is InChI=1S/C21H24N4O3S/c1-14-6-3-4-8-18(14)22-19(26)13-29-21-24-23-20(17-9-11-27-15(17)2)25(21)12-16-7-5-10-28-16/h3-4,6,8-9,11,16H,5,7,10,12-13H2,1-2H3,(H,22,26)/t16-/m1/s1. The highest BCUT2D eigenvalue weighted by Gasteiger charge is 2.23. The smallest absolute Gasteiger partial charge is 0.234 e. The Morgan fingerprint density at radius 3 is 2.86 bits per heavy atom. The largest absolute Gasteiger partial charge is 0.469 e. The van der Waals surface area contributed by atoms with Gasteiger partial charge in [0.05, 0.1) is 30.2 Å². The number of carbonyl (C=O) groups excluding carboxylic acids is 1. The Balaban J connectivity index is 1.50. The molecule has 1 saturated heterocycles. The molecule has 3 heterocycles. The number of hydrogen-bond acceptors (Lipinski definition) is 6. The minimum atomic E-state index is -0.0722. The summed E-state index contributed by atoms with van der Waals surface area (Å²) in [5.41, 5.74) is 2.77. The van der Waals surface area contributed by atoms with Crippen LogP contribution < -0.4 is 5.32 Å². The summed E-state index contributed by atoms with van der Waals surface area (Å²) in [6.07, 6.45) is 3.86. The molecule has 152 valence electrons. The van der Waals surface area contributed by atoms with E-state index < -0.39 is 0 Å². The molecule has 0 spiro atoms. The highest BCUT2D eigenvalue weighted by Crippen LogP contribution is 2.29. The summed E-state index contributed by atoms with van der Waals surface area (Å²) in [5.74, 6) is 1.72. The van der Waals surface area contributed by atoms with E-state index in [0.29, 0.717) is 11.7 Å². The number of carbonyl (C=O) groups is 1. The number of hydrogen-bond donors (Lipinski definition) is 1. The van der Waals surface area contributed by atoms with Crippen LogP contribution in [0.5, 0.6) is 0 Å². The monoisotopic (exact) mass is 412 g/mol. The van der Waals surface area contributed by atoms with Crippen molar-refractivity contribution in [1.29, 1.82) is 0 Å². The van der Waals surface area contributed by atoms with E-state index in [4.69, 9.17) is 9.15 Å². The first kappa shape index (κ1) is 19.7. The Morgan fingerprint density at radius 2 is 2.14 bits per heavy atom. The molecule has 1 fully saturated rings. The summed E-state index contributed by atoms with van der Waals surface area (Å²) in [5, 5.41) is 12.4. The number of furan rings is 1. The Hall–Kier alpha value is -2.58. The van der Waals surface area contributed by atoms with E-state index in [1.807, 2.05) is 48.7 Å². The van der Waals surface area contributed by atoms with Gasteiger partial charge in [0.2, 0.25) is 5.91 Å². The Kier molecular flexibility index (Phi) is 6.01. The number of aromatic nitrogens is 3. The average Bonchev–Trinajstić information content (AvgIpc) is 3.44. The maximum atomic E-state index is 12.5. The second kappa shape index (κ2) is 8.84. The van der Waals surface area contributed by atoms with Crippen molar-refractivity contribution in [2.24, 2.45) is 0 Å². The van der Waals surface area contributed by atoms with Crippen LogP contribution in [-0.4, -0.2) is 39.1 Å². The lowest BCUT2D eigenvalue weighted by Gasteiger charge is -2.14. The molecule has 3 aromatic rings. The van der Waals surface area contributed by atoms with E-state index >= 15 is 0 Å². The molecule has 0 radical (unpaired) electrons. The number of rotatable bonds is 7. The topological polar surface area (TPSA) is 82.2 Å². The maximum Gasteiger partial charge on any atom is 0.234 e. The quantitative estimate of drug-likeness (QED) is 0.589. The number of benzene rings is 1. The summed E-state index contributed by atoms with van der Waals surface area (Å²) in [7, 11) is 0.